The van der Waals surface area contributed by atoms with Crippen LogP contribution in [-0.2, 0) is 0 Å². The Kier molecular flexibility index (Phi) is 3.92. The molecule has 0 aromatic carbocycles. The summed E-state index contributed by atoms with van der Waals surface area (Å²) in [7, 11) is 0. The van der Waals surface area contributed by atoms with Gasteiger partial charge in [-0.1, -0.05) is 0 Å². The van der Waals surface area contributed by atoms with Crippen LogP contribution in [0.4, 0.5) is 10.7 Å². The molecule has 0 aliphatic heterocycles. The third-order valence-electron chi connectivity index (χ3n) is 2.36. The average Bonchev–Trinajstić information content (AvgIpc) is 2.42. The SMILES string of the molecule is Nc1nc2nc(C(=O)NCCNC(=O)O)cnc2c(=O)[nH]1. The van der Waals surface area contributed by atoms with Crippen LogP contribution in [0.2, 0.25) is 0 Å². The Hall–Kier alpha value is -3.24. The van der Waals surface area contributed by atoms with E-state index in [1.165, 1.54) is 0 Å². The van der Waals surface area contributed by atoms with Crippen molar-refractivity contribution in [1.29, 1.82) is 0 Å². The molecule has 2 aromatic rings. The largest absolute Gasteiger partial charge is 0.465 e. The second kappa shape index (κ2) is 5.81. The molecule has 11 nitrogen and oxygen atoms in total. The van der Waals surface area contributed by atoms with E-state index in [1.807, 2.05) is 0 Å². The molecular weight excluding hydrogens is 282 g/mol. The maximum Gasteiger partial charge on any atom is 0.404 e. The van der Waals surface area contributed by atoms with E-state index in [4.69, 9.17) is 10.8 Å². The topological polar surface area (TPSA) is 176 Å². The standard InChI is InChI=1S/C10H11N7O4/c11-9-16-6-5(8(19)17-9)14-3-4(15-6)7(18)12-1-2-13-10(20)21/h3,13H,1-2H2,(H,12,18)(H,20,21)(H3,11,15,16,17,19). The number of aromatic nitrogens is 4. The Morgan fingerprint density at radius 3 is 2.71 bits per heavy atom. The summed E-state index contributed by atoms with van der Waals surface area (Å²) in [5, 5.41) is 12.9. The summed E-state index contributed by atoms with van der Waals surface area (Å²) in [6.07, 6.45) is -0.0660. The van der Waals surface area contributed by atoms with Crippen LogP contribution in [-0.4, -0.2) is 50.1 Å². The van der Waals surface area contributed by atoms with Crippen LogP contribution in [0.3, 0.4) is 0 Å². The number of hydrogen-bond donors (Lipinski definition) is 5. The molecule has 2 heterocycles. The van der Waals surface area contributed by atoms with Gasteiger partial charge >= 0.3 is 6.09 Å². The molecule has 0 spiro atoms. The lowest BCUT2D eigenvalue weighted by Crippen LogP contribution is -2.34. The van der Waals surface area contributed by atoms with Crippen LogP contribution < -0.4 is 21.9 Å². The first-order valence-corrected chi connectivity index (χ1v) is 5.75. The second-order valence-corrected chi connectivity index (χ2v) is 3.87. The first kappa shape index (κ1) is 14.2. The molecule has 0 aliphatic rings. The highest BCUT2D eigenvalue weighted by Crippen LogP contribution is 2.02. The van der Waals surface area contributed by atoms with Crippen LogP contribution in [0, 0.1) is 0 Å². The number of nitrogens with one attached hydrogen (secondary N) is 3. The zero-order valence-electron chi connectivity index (χ0n) is 10.6. The van der Waals surface area contributed by atoms with E-state index in [9.17, 15) is 14.4 Å². The summed E-state index contributed by atoms with van der Waals surface area (Å²) < 4.78 is 0. The van der Waals surface area contributed by atoms with Crippen molar-refractivity contribution in [3.05, 3.63) is 22.2 Å². The van der Waals surface area contributed by atoms with E-state index < -0.39 is 17.6 Å². The first-order valence-electron chi connectivity index (χ1n) is 5.75. The van der Waals surface area contributed by atoms with Gasteiger partial charge in [0.15, 0.2) is 11.2 Å². The van der Waals surface area contributed by atoms with Gasteiger partial charge in [0.05, 0.1) is 6.20 Å². The highest BCUT2D eigenvalue weighted by molar-refractivity contribution is 5.93. The van der Waals surface area contributed by atoms with Gasteiger partial charge in [0, 0.05) is 13.1 Å². The van der Waals surface area contributed by atoms with Crippen molar-refractivity contribution in [1.82, 2.24) is 30.6 Å². The van der Waals surface area contributed by atoms with Crippen molar-refractivity contribution in [3.63, 3.8) is 0 Å². The van der Waals surface area contributed by atoms with E-state index in [1.54, 1.807) is 0 Å². The van der Waals surface area contributed by atoms with Gasteiger partial charge in [-0.3, -0.25) is 14.6 Å². The third-order valence-corrected chi connectivity index (χ3v) is 2.36. The van der Waals surface area contributed by atoms with Gasteiger partial charge in [-0.05, 0) is 0 Å². The summed E-state index contributed by atoms with van der Waals surface area (Å²) in [6, 6.07) is 0. The zero-order valence-corrected chi connectivity index (χ0v) is 10.6. The fourth-order valence-corrected chi connectivity index (χ4v) is 1.48. The van der Waals surface area contributed by atoms with Gasteiger partial charge in [0.25, 0.3) is 11.5 Å². The fraction of sp³-hybridized carbons (Fsp3) is 0.200. The molecule has 0 saturated heterocycles. The Morgan fingerprint density at radius 2 is 2.00 bits per heavy atom. The summed E-state index contributed by atoms with van der Waals surface area (Å²) in [6.45, 7) is 0.128. The van der Waals surface area contributed by atoms with Crippen LogP contribution in [0.5, 0.6) is 0 Å². The summed E-state index contributed by atoms with van der Waals surface area (Å²) in [5.74, 6) is -0.706. The van der Waals surface area contributed by atoms with Crippen molar-refractivity contribution >= 4 is 29.1 Å². The van der Waals surface area contributed by atoms with E-state index in [-0.39, 0.29) is 35.9 Å². The van der Waals surface area contributed by atoms with Gasteiger partial charge in [-0.25, -0.2) is 14.8 Å². The van der Waals surface area contributed by atoms with Crippen LogP contribution >= 0.6 is 0 Å². The van der Waals surface area contributed by atoms with E-state index in [0.717, 1.165) is 6.20 Å². The normalized spacial score (nSPS) is 10.3. The molecule has 0 radical (unpaired) electrons. The van der Waals surface area contributed by atoms with E-state index >= 15 is 0 Å². The number of H-pyrrole nitrogens is 1. The third kappa shape index (κ3) is 3.40. The number of fused-ring (bicyclic) bond motifs is 1. The Bertz CT molecular complexity index is 757. The molecule has 0 bridgehead atoms. The molecule has 6 N–H and O–H groups in total. The molecule has 2 rings (SSSR count). The molecule has 0 aliphatic carbocycles. The fourth-order valence-electron chi connectivity index (χ4n) is 1.48. The minimum absolute atomic E-state index is 0.0340. The highest BCUT2D eigenvalue weighted by atomic mass is 16.4. The number of anilines is 1. The minimum Gasteiger partial charge on any atom is -0.465 e. The molecule has 0 fully saturated rings. The smallest absolute Gasteiger partial charge is 0.404 e. The molecule has 21 heavy (non-hydrogen) atoms. The number of nitrogens with zero attached hydrogens (tertiary/aromatic N) is 3. The zero-order chi connectivity index (χ0) is 15.4. The molecule has 0 unspecified atom stereocenters. The monoisotopic (exact) mass is 293 g/mol. The second-order valence-electron chi connectivity index (χ2n) is 3.87. The van der Waals surface area contributed by atoms with Crippen molar-refractivity contribution in [2.75, 3.05) is 18.8 Å². The van der Waals surface area contributed by atoms with Crippen molar-refractivity contribution in [2.45, 2.75) is 0 Å². The molecule has 2 aromatic heterocycles. The molecule has 0 saturated carbocycles. The van der Waals surface area contributed by atoms with Crippen molar-refractivity contribution < 1.29 is 14.7 Å². The highest BCUT2D eigenvalue weighted by Gasteiger charge is 2.11. The summed E-state index contributed by atoms with van der Waals surface area (Å²) in [5.41, 5.74) is 4.68. The first-order chi connectivity index (χ1) is 9.97. The molecule has 11 heteroatoms. The summed E-state index contributed by atoms with van der Waals surface area (Å²) >= 11 is 0. The predicted molar refractivity (Wildman–Crippen MR) is 70.7 cm³/mol. The number of rotatable bonds is 4. The Labute approximate surface area is 116 Å². The van der Waals surface area contributed by atoms with Gasteiger partial charge in [-0.15, -0.1) is 0 Å². The van der Waals surface area contributed by atoms with E-state index in [2.05, 4.69) is 30.6 Å². The summed E-state index contributed by atoms with van der Waals surface area (Å²) in [4.78, 5) is 47.2. The lowest BCUT2D eigenvalue weighted by Gasteiger charge is -2.05. The lowest BCUT2D eigenvalue weighted by molar-refractivity contribution is 0.0948. The van der Waals surface area contributed by atoms with Gasteiger partial charge in [0.2, 0.25) is 5.95 Å². The number of amides is 2. The molecule has 2 amide bonds. The van der Waals surface area contributed by atoms with E-state index in [0.29, 0.717) is 0 Å². The average molecular weight is 293 g/mol. The molecule has 110 valence electrons. The van der Waals surface area contributed by atoms with Gasteiger partial charge in [0.1, 0.15) is 5.69 Å². The maximum absolute atomic E-state index is 11.8. The van der Waals surface area contributed by atoms with Crippen LogP contribution in [0.15, 0.2) is 11.0 Å². The van der Waals surface area contributed by atoms with Gasteiger partial charge < -0.3 is 21.5 Å². The number of carbonyl (C=O) groups is 2. The van der Waals surface area contributed by atoms with Crippen molar-refractivity contribution in [3.8, 4) is 0 Å². The molecule has 0 atom stereocenters. The Morgan fingerprint density at radius 1 is 1.29 bits per heavy atom. The van der Waals surface area contributed by atoms with Crippen LogP contribution in [0.25, 0.3) is 11.2 Å². The number of hydrogen-bond acceptors (Lipinski definition) is 7. The quantitative estimate of drug-likeness (QED) is 0.414. The minimum atomic E-state index is -1.19. The number of carbonyl (C=O) groups excluding carboxylic acids is 1. The molecular formula is C10H11N7O4. The van der Waals surface area contributed by atoms with Crippen molar-refractivity contribution in [2.24, 2.45) is 0 Å². The van der Waals surface area contributed by atoms with Crippen LogP contribution in [0.1, 0.15) is 10.5 Å². The lowest BCUT2D eigenvalue weighted by atomic mass is 10.4. The van der Waals surface area contributed by atoms with Gasteiger partial charge in [-0.2, -0.15) is 4.98 Å². The number of aromatic amines is 1. The maximum atomic E-state index is 11.8. The predicted octanol–water partition coefficient (Wildman–Crippen LogP) is -1.71. The number of carboxylic acid groups (broad SMARTS) is 1. The Balaban J connectivity index is 2.13. The number of nitrogens with two attached hydrogens (primary N) is 1. The number of nitrogen functional groups attached to an aromatic ring is 1.